The maximum atomic E-state index is 4.14. The summed E-state index contributed by atoms with van der Waals surface area (Å²) in [6.07, 6.45) is 4.79. The molecular weight excluding hydrogens is 222 g/mol. The molecule has 1 unspecified atom stereocenters. The second-order valence-electron chi connectivity index (χ2n) is 4.44. The Kier molecular flexibility index (Phi) is 4.31. The highest BCUT2D eigenvalue weighted by Gasteiger charge is 2.08. The Morgan fingerprint density at radius 2 is 2.17 bits per heavy atom. The van der Waals surface area contributed by atoms with E-state index in [2.05, 4.69) is 41.1 Å². The van der Waals surface area contributed by atoms with Crippen molar-refractivity contribution in [2.75, 3.05) is 0 Å². The predicted octanol–water partition coefficient (Wildman–Crippen LogP) is 3.13. The van der Waals surface area contributed by atoms with Gasteiger partial charge in [0.05, 0.1) is 11.9 Å². The third kappa shape index (κ3) is 3.08. The molecule has 0 bridgehead atoms. The molecule has 0 aliphatic rings. The molecule has 2 rings (SSSR count). The molecule has 1 aromatic heterocycles. The van der Waals surface area contributed by atoms with Crippen LogP contribution in [0, 0.1) is 0 Å². The summed E-state index contributed by atoms with van der Waals surface area (Å²) in [5.41, 5.74) is 3.45. The van der Waals surface area contributed by atoms with Gasteiger partial charge < -0.3 is 5.32 Å². The van der Waals surface area contributed by atoms with Crippen LogP contribution in [0.5, 0.6) is 0 Å². The van der Waals surface area contributed by atoms with Crippen LogP contribution in [-0.4, -0.2) is 16.2 Å². The standard InChI is InChI=1S/C15H19N3/c1-3-7-12(2)16-10-14-11-17-18-15(14)13-8-5-4-6-9-13/h3-6,8-9,11-12,16H,1,7,10H2,2H3,(H,17,18). The smallest absolute Gasteiger partial charge is 0.0695 e. The minimum Gasteiger partial charge on any atom is -0.310 e. The first-order chi connectivity index (χ1) is 8.81. The van der Waals surface area contributed by atoms with E-state index in [9.17, 15) is 0 Å². The molecule has 0 aliphatic carbocycles. The molecule has 0 amide bonds. The first kappa shape index (κ1) is 12.6. The lowest BCUT2D eigenvalue weighted by Crippen LogP contribution is -2.24. The molecule has 3 heteroatoms. The lowest BCUT2D eigenvalue weighted by atomic mass is 10.1. The van der Waals surface area contributed by atoms with Gasteiger partial charge in [-0.1, -0.05) is 36.4 Å². The van der Waals surface area contributed by atoms with Gasteiger partial charge in [0, 0.05) is 18.2 Å². The van der Waals surface area contributed by atoms with Crippen LogP contribution in [0.3, 0.4) is 0 Å². The van der Waals surface area contributed by atoms with Crippen LogP contribution >= 0.6 is 0 Å². The minimum atomic E-state index is 0.432. The highest BCUT2D eigenvalue weighted by atomic mass is 15.1. The normalized spacial score (nSPS) is 12.3. The van der Waals surface area contributed by atoms with Crippen LogP contribution in [0.2, 0.25) is 0 Å². The van der Waals surface area contributed by atoms with E-state index in [1.165, 1.54) is 11.1 Å². The first-order valence-electron chi connectivity index (χ1n) is 6.23. The van der Waals surface area contributed by atoms with Crippen molar-refractivity contribution in [2.45, 2.75) is 25.9 Å². The summed E-state index contributed by atoms with van der Waals surface area (Å²) in [5.74, 6) is 0. The first-order valence-corrected chi connectivity index (χ1v) is 6.23. The quantitative estimate of drug-likeness (QED) is 0.763. The van der Waals surface area contributed by atoms with Gasteiger partial charge in [-0.2, -0.15) is 5.10 Å². The average Bonchev–Trinajstić information content (AvgIpc) is 2.86. The molecule has 1 heterocycles. The predicted molar refractivity (Wildman–Crippen MR) is 75.1 cm³/mol. The Labute approximate surface area is 108 Å². The van der Waals surface area contributed by atoms with Gasteiger partial charge in [0.2, 0.25) is 0 Å². The highest BCUT2D eigenvalue weighted by molar-refractivity contribution is 5.62. The summed E-state index contributed by atoms with van der Waals surface area (Å²) >= 11 is 0. The Morgan fingerprint density at radius 3 is 2.89 bits per heavy atom. The number of benzene rings is 1. The van der Waals surface area contributed by atoms with Gasteiger partial charge in [0.1, 0.15) is 0 Å². The van der Waals surface area contributed by atoms with Crippen molar-refractivity contribution in [3.05, 3.63) is 54.7 Å². The van der Waals surface area contributed by atoms with Crippen LogP contribution < -0.4 is 5.32 Å². The van der Waals surface area contributed by atoms with Crippen molar-refractivity contribution in [3.8, 4) is 11.3 Å². The molecule has 0 saturated carbocycles. The lowest BCUT2D eigenvalue weighted by Gasteiger charge is -2.11. The molecule has 18 heavy (non-hydrogen) atoms. The van der Waals surface area contributed by atoms with Crippen molar-refractivity contribution < 1.29 is 0 Å². The molecule has 2 aromatic rings. The fraction of sp³-hybridized carbons (Fsp3) is 0.267. The van der Waals surface area contributed by atoms with Crippen LogP contribution in [0.15, 0.2) is 49.2 Å². The lowest BCUT2D eigenvalue weighted by molar-refractivity contribution is 0.554. The van der Waals surface area contributed by atoms with Crippen molar-refractivity contribution in [3.63, 3.8) is 0 Å². The topological polar surface area (TPSA) is 40.7 Å². The fourth-order valence-corrected chi connectivity index (χ4v) is 1.92. The molecule has 0 aliphatic heterocycles. The van der Waals surface area contributed by atoms with Crippen LogP contribution in [0.25, 0.3) is 11.3 Å². The molecule has 0 saturated heterocycles. The second-order valence-corrected chi connectivity index (χ2v) is 4.44. The molecule has 2 N–H and O–H groups in total. The van der Waals surface area contributed by atoms with Crippen molar-refractivity contribution in [1.29, 1.82) is 0 Å². The zero-order valence-electron chi connectivity index (χ0n) is 10.7. The van der Waals surface area contributed by atoms with Gasteiger partial charge >= 0.3 is 0 Å². The second kappa shape index (κ2) is 6.17. The molecule has 1 aromatic carbocycles. The number of nitrogens with zero attached hydrogens (tertiary/aromatic N) is 1. The average molecular weight is 241 g/mol. The van der Waals surface area contributed by atoms with E-state index in [0.29, 0.717) is 6.04 Å². The summed E-state index contributed by atoms with van der Waals surface area (Å²) in [6, 6.07) is 10.7. The summed E-state index contributed by atoms with van der Waals surface area (Å²) in [4.78, 5) is 0. The molecule has 0 fully saturated rings. The summed E-state index contributed by atoms with van der Waals surface area (Å²) in [6.45, 7) is 6.72. The minimum absolute atomic E-state index is 0.432. The number of nitrogens with one attached hydrogen (secondary N) is 2. The Hall–Kier alpha value is -1.87. The summed E-state index contributed by atoms with van der Waals surface area (Å²) < 4.78 is 0. The van der Waals surface area contributed by atoms with Crippen molar-refractivity contribution in [2.24, 2.45) is 0 Å². The maximum Gasteiger partial charge on any atom is 0.0695 e. The number of hydrogen-bond acceptors (Lipinski definition) is 2. The third-order valence-electron chi connectivity index (χ3n) is 2.94. The largest absolute Gasteiger partial charge is 0.310 e. The Bertz CT molecular complexity index is 487. The Balaban J connectivity index is 2.07. The van der Waals surface area contributed by atoms with E-state index in [1.54, 1.807) is 0 Å². The zero-order valence-corrected chi connectivity index (χ0v) is 10.7. The van der Waals surface area contributed by atoms with E-state index in [1.807, 2.05) is 30.5 Å². The molecule has 94 valence electrons. The molecule has 0 spiro atoms. The van der Waals surface area contributed by atoms with E-state index in [-0.39, 0.29) is 0 Å². The van der Waals surface area contributed by atoms with E-state index in [0.717, 1.165) is 18.7 Å². The molecule has 3 nitrogen and oxygen atoms in total. The number of H-pyrrole nitrogens is 1. The number of hydrogen-bond donors (Lipinski definition) is 2. The summed E-state index contributed by atoms with van der Waals surface area (Å²) in [7, 11) is 0. The summed E-state index contributed by atoms with van der Waals surface area (Å²) in [5, 5.41) is 10.7. The van der Waals surface area contributed by atoms with Gasteiger partial charge in [0.15, 0.2) is 0 Å². The van der Waals surface area contributed by atoms with Gasteiger partial charge in [-0.05, 0) is 18.9 Å². The Morgan fingerprint density at radius 1 is 1.39 bits per heavy atom. The molecule has 1 atom stereocenters. The molecule has 0 radical (unpaired) electrons. The van der Waals surface area contributed by atoms with Crippen LogP contribution in [-0.2, 0) is 6.54 Å². The van der Waals surface area contributed by atoms with Gasteiger partial charge in [-0.3, -0.25) is 5.10 Å². The van der Waals surface area contributed by atoms with Gasteiger partial charge in [0.25, 0.3) is 0 Å². The number of aromatic amines is 1. The third-order valence-corrected chi connectivity index (χ3v) is 2.94. The number of rotatable bonds is 6. The fourth-order valence-electron chi connectivity index (χ4n) is 1.92. The van der Waals surface area contributed by atoms with Gasteiger partial charge in [-0.15, -0.1) is 6.58 Å². The van der Waals surface area contributed by atoms with E-state index < -0.39 is 0 Å². The SMILES string of the molecule is C=CCC(C)NCc1cn[nH]c1-c1ccccc1. The van der Waals surface area contributed by atoms with Gasteiger partial charge in [-0.25, -0.2) is 0 Å². The van der Waals surface area contributed by atoms with Crippen LogP contribution in [0.4, 0.5) is 0 Å². The molecular formula is C15H19N3. The number of aromatic nitrogens is 2. The van der Waals surface area contributed by atoms with Crippen LogP contribution in [0.1, 0.15) is 18.9 Å². The highest BCUT2D eigenvalue weighted by Crippen LogP contribution is 2.20. The monoisotopic (exact) mass is 241 g/mol. The zero-order chi connectivity index (χ0) is 12.8. The van der Waals surface area contributed by atoms with E-state index in [4.69, 9.17) is 0 Å². The van der Waals surface area contributed by atoms with E-state index >= 15 is 0 Å². The maximum absolute atomic E-state index is 4.14. The van der Waals surface area contributed by atoms with Crippen molar-refractivity contribution >= 4 is 0 Å². The van der Waals surface area contributed by atoms with Crippen molar-refractivity contribution in [1.82, 2.24) is 15.5 Å².